The first-order valence-electron chi connectivity index (χ1n) is 6.76. The molecule has 0 heteroatoms. The van der Waals surface area contributed by atoms with Crippen molar-refractivity contribution >= 4 is 0 Å². The molecule has 0 amide bonds. The fourth-order valence-corrected chi connectivity index (χ4v) is 2.05. The minimum atomic E-state index is 0.798. The van der Waals surface area contributed by atoms with Crippen LogP contribution < -0.4 is 0 Å². The predicted molar refractivity (Wildman–Crippen MR) is 71.1 cm³/mol. The van der Waals surface area contributed by atoms with Gasteiger partial charge in [0.15, 0.2) is 0 Å². The topological polar surface area (TPSA) is 0 Å². The molecule has 0 aliphatic carbocycles. The van der Waals surface area contributed by atoms with Crippen molar-refractivity contribution in [1.29, 1.82) is 0 Å². The summed E-state index contributed by atoms with van der Waals surface area (Å²) < 4.78 is 0. The Morgan fingerprint density at radius 1 is 1.07 bits per heavy atom. The molecule has 0 saturated carbocycles. The zero-order valence-electron chi connectivity index (χ0n) is 11.4. The second-order valence-electron chi connectivity index (χ2n) is 5.36. The minimum absolute atomic E-state index is 0.798. The molecular formula is C15H30. The normalized spacial score (nSPS) is 16.1. The summed E-state index contributed by atoms with van der Waals surface area (Å²) in [6.07, 6.45) is 11.5. The van der Waals surface area contributed by atoms with E-state index in [-0.39, 0.29) is 0 Å². The van der Waals surface area contributed by atoms with Gasteiger partial charge in [-0.25, -0.2) is 0 Å². The Labute approximate surface area is 97.2 Å². The first-order valence-corrected chi connectivity index (χ1v) is 6.76. The molecule has 2 unspecified atom stereocenters. The van der Waals surface area contributed by atoms with Crippen LogP contribution in [0.3, 0.4) is 0 Å². The van der Waals surface area contributed by atoms with Crippen LogP contribution in [0.15, 0.2) is 12.2 Å². The molecule has 0 saturated heterocycles. The van der Waals surface area contributed by atoms with Crippen LogP contribution in [-0.4, -0.2) is 0 Å². The average Bonchev–Trinajstić information content (AvgIpc) is 2.16. The second kappa shape index (κ2) is 9.00. The highest BCUT2D eigenvalue weighted by Crippen LogP contribution is 2.21. The quantitative estimate of drug-likeness (QED) is 0.468. The summed E-state index contributed by atoms with van der Waals surface area (Å²) in [5.41, 5.74) is 0. The van der Waals surface area contributed by atoms with E-state index in [0.29, 0.717) is 0 Å². The van der Waals surface area contributed by atoms with Gasteiger partial charge in [-0.2, -0.15) is 0 Å². The van der Waals surface area contributed by atoms with Crippen molar-refractivity contribution in [3.63, 3.8) is 0 Å². The zero-order chi connectivity index (χ0) is 11.7. The van der Waals surface area contributed by atoms with Gasteiger partial charge >= 0.3 is 0 Å². The maximum absolute atomic E-state index is 2.45. The molecule has 0 aliphatic rings. The van der Waals surface area contributed by atoms with Crippen LogP contribution >= 0.6 is 0 Å². The Morgan fingerprint density at radius 3 is 2.20 bits per heavy atom. The van der Waals surface area contributed by atoms with Crippen molar-refractivity contribution in [2.75, 3.05) is 0 Å². The maximum atomic E-state index is 2.45. The van der Waals surface area contributed by atoms with Gasteiger partial charge in [-0.3, -0.25) is 0 Å². The molecule has 0 aromatic heterocycles. The highest BCUT2D eigenvalue weighted by atomic mass is 14.1. The van der Waals surface area contributed by atoms with Gasteiger partial charge in [-0.15, -0.1) is 0 Å². The summed E-state index contributed by atoms with van der Waals surface area (Å²) in [7, 11) is 0. The van der Waals surface area contributed by atoms with Crippen molar-refractivity contribution in [1.82, 2.24) is 0 Å². The van der Waals surface area contributed by atoms with Crippen LogP contribution in [0.25, 0.3) is 0 Å². The van der Waals surface area contributed by atoms with E-state index >= 15 is 0 Å². The first-order chi connectivity index (χ1) is 7.10. The molecule has 0 aromatic rings. The third-order valence-electron chi connectivity index (χ3n) is 3.03. The molecular weight excluding hydrogens is 180 g/mol. The van der Waals surface area contributed by atoms with Crippen molar-refractivity contribution in [2.45, 2.75) is 66.7 Å². The van der Waals surface area contributed by atoms with Crippen molar-refractivity contribution in [3.05, 3.63) is 12.2 Å². The number of allylic oxidation sites excluding steroid dienone is 2. The maximum Gasteiger partial charge on any atom is -0.0234 e. The lowest BCUT2D eigenvalue weighted by atomic mass is 9.90. The molecule has 0 fully saturated rings. The summed E-state index contributed by atoms with van der Waals surface area (Å²) in [6, 6.07) is 0. The number of hydrogen-bond acceptors (Lipinski definition) is 0. The van der Waals surface area contributed by atoms with Gasteiger partial charge < -0.3 is 0 Å². The third-order valence-corrected chi connectivity index (χ3v) is 3.03. The zero-order valence-corrected chi connectivity index (χ0v) is 11.4. The fraction of sp³-hybridized carbons (Fsp3) is 0.867. The van der Waals surface area contributed by atoms with Gasteiger partial charge in [-0.1, -0.05) is 59.6 Å². The lowest BCUT2D eigenvalue weighted by molar-refractivity contribution is 0.410. The Hall–Kier alpha value is -0.260. The smallest absolute Gasteiger partial charge is 0.0234 e. The summed E-state index contributed by atoms with van der Waals surface area (Å²) in [5, 5.41) is 0. The van der Waals surface area contributed by atoms with Gasteiger partial charge in [0, 0.05) is 0 Å². The molecule has 0 nitrogen and oxygen atoms in total. The molecule has 0 spiro atoms. The summed E-state index contributed by atoms with van der Waals surface area (Å²) >= 11 is 0. The lowest BCUT2D eigenvalue weighted by Crippen LogP contribution is -2.03. The largest absolute Gasteiger partial charge is 0.0880 e. The summed E-state index contributed by atoms with van der Waals surface area (Å²) in [4.78, 5) is 0. The Balaban J connectivity index is 3.86. The molecule has 0 heterocycles. The van der Waals surface area contributed by atoms with Gasteiger partial charge in [0.25, 0.3) is 0 Å². The Bertz CT molecular complexity index is 155. The van der Waals surface area contributed by atoms with E-state index in [2.05, 4.69) is 46.8 Å². The number of hydrogen-bond donors (Lipinski definition) is 0. The fourth-order valence-electron chi connectivity index (χ4n) is 2.05. The van der Waals surface area contributed by atoms with Gasteiger partial charge in [-0.05, 0) is 37.0 Å². The van der Waals surface area contributed by atoms with Crippen LogP contribution in [0.4, 0.5) is 0 Å². The molecule has 0 aliphatic heterocycles. The summed E-state index contributed by atoms with van der Waals surface area (Å²) in [5.74, 6) is 2.50. The van der Waals surface area contributed by atoms with E-state index in [1.54, 1.807) is 0 Å². The SMILES string of the molecule is CCCC(C)CC(C=CCC(C)C)CC. The first kappa shape index (κ1) is 14.7. The van der Waals surface area contributed by atoms with E-state index in [9.17, 15) is 0 Å². The van der Waals surface area contributed by atoms with E-state index in [4.69, 9.17) is 0 Å². The molecule has 90 valence electrons. The standard InChI is InChI=1S/C15H30/c1-6-9-14(5)12-15(7-2)11-8-10-13(3)4/h8,11,13-15H,6-7,9-10,12H2,1-5H3. The average molecular weight is 210 g/mol. The van der Waals surface area contributed by atoms with Crippen molar-refractivity contribution < 1.29 is 0 Å². The monoisotopic (exact) mass is 210 g/mol. The molecule has 2 atom stereocenters. The third kappa shape index (κ3) is 8.72. The highest BCUT2D eigenvalue weighted by Gasteiger charge is 2.07. The second-order valence-corrected chi connectivity index (χ2v) is 5.36. The lowest BCUT2D eigenvalue weighted by Gasteiger charge is -2.16. The van der Waals surface area contributed by atoms with Crippen LogP contribution in [0.2, 0.25) is 0 Å². The number of rotatable bonds is 8. The van der Waals surface area contributed by atoms with Gasteiger partial charge in [0.05, 0.1) is 0 Å². The molecule has 0 rings (SSSR count). The van der Waals surface area contributed by atoms with Crippen LogP contribution in [-0.2, 0) is 0 Å². The Kier molecular flexibility index (Phi) is 8.85. The van der Waals surface area contributed by atoms with E-state index in [1.165, 1.54) is 32.1 Å². The van der Waals surface area contributed by atoms with E-state index in [0.717, 1.165) is 17.8 Å². The molecule has 0 bridgehead atoms. The minimum Gasteiger partial charge on any atom is -0.0880 e. The molecule has 0 N–H and O–H groups in total. The van der Waals surface area contributed by atoms with Crippen molar-refractivity contribution in [2.24, 2.45) is 17.8 Å². The van der Waals surface area contributed by atoms with Crippen LogP contribution in [0.1, 0.15) is 66.7 Å². The van der Waals surface area contributed by atoms with Gasteiger partial charge in [0.2, 0.25) is 0 Å². The van der Waals surface area contributed by atoms with E-state index in [1.807, 2.05) is 0 Å². The van der Waals surface area contributed by atoms with Crippen LogP contribution in [0, 0.1) is 17.8 Å². The summed E-state index contributed by atoms with van der Waals surface area (Å²) in [6.45, 7) is 11.5. The predicted octanol–water partition coefficient (Wildman–Crippen LogP) is 5.44. The molecule has 0 aromatic carbocycles. The Morgan fingerprint density at radius 2 is 1.73 bits per heavy atom. The molecule has 0 radical (unpaired) electrons. The van der Waals surface area contributed by atoms with E-state index < -0.39 is 0 Å². The molecule has 15 heavy (non-hydrogen) atoms. The van der Waals surface area contributed by atoms with Gasteiger partial charge in [0.1, 0.15) is 0 Å². The van der Waals surface area contributed by atoms with Crippen LogP contribution in [0.5, 0.6) is 0 Å². The van der Waals surface area contributed by atoms with Crippen molar-refractivity contribution in [3.8, 4) is 0 Å². The highest BCUT2D eigenvalue weighted by molar-refractivity contribution is 4.89.